The van der Waals surface area contributed by atoms with E-state index >= 15 is 0 Å². The van der Waals surface area contributed by atoms with E-state index in [0.717, 1.165) is 18.7 Å². The summed E-state index contributed by atoms with van der Waals surface area (Å²) in [4.78, 5) is 11.8. The first kappa shape index (κ1) is 17.6. The number of nitrogens with two attached hydrogens (primary N) is 1. The van der Waals surface area contributed by atoms with E-state index in [-0.39, 0.29) is 17.8 Å². The molecule has 0 bridgehead atoms. The van der Waals surface area contributed by atoms with Crippen molar-refractivity contribution in [3.63, 3.8) is 0 Å². The molecule has 0 aliphatic carbocycles. The van der Waals surface area contributed by atoms with E-state index in [2.05, 4.69) is 10.4 Å². The SMILES string of the molecule is CCn1nccc1[C@@H]1OCC[C@H]1CNC(C(N)=O)c1ccc(F)cc1. The van der Waals surface area contributed by atoms with Crippen molar-refractivity contribution in [2.24, 2.45) is 11.7 Å². The number of hydrogen-bond donors (Lipinski definition) is 2. The second-order valence-corrected chi connectivity index (χ2v) is 6.21. The Morgan fingerprint density at radius 3 is 2.88 bits per heavy atom. The van der Waals surface area contributed by atoms with Gasteiger partial charge in [-0.25, -0.2) is 4.39 Å². The number of nitrogens with zero attached hydrogens (tertiary/aromatic N) is 2. The lowest BCUT2D eigenvalue weighted by molar-refractivity contribution is -0.120. The normalized spacial score (nSPS) is 21.4. The van der Waals surface area contributed by atoms with Crippen LogP contribution in [-0.4, -0.2) is 28.8 Å². The highest BCUT2D eigenvalue weighted by Crippen LogP contribution is 2.34. The molecule has 3 rings (SSSR count). The Kier molecular flexibility index (Phi) is 5.45. The maximum absolute atomic E-state index is 13.1. The molecular formula is C18H23FN4O2. The summed E-state index contributed by atoms with van der Waals surface area (Å²) in [5, 5.41) is 7.52. The van der Waals surface area contributed by atoms with Gasteiger partial charge in [-0.2, -0.15) is 5.10 Å². The Labute approximate surface area is 146 Å². The van der Waals surface area contributed by atoms with Crippen LogP contribution < -0.4 is 11.1 Å². The molecule has 1 amide bonds. The number of nitrogens with one attached hydrogen (secondary N) is 1. The standard InChI is InChI=1S/C18H23FN4O2/c1-2-23-15(7-9-22-23)17-13(8-10-25-17)11-21-16(18(20)24)12-3-5-14(19)6-4-12/h3-7,9,13,16-17,21H,2,8,10-11H2,1H3,(H2,20,24)/t13-,16?,17+/m0/s1. The molecule has 1 aliphatic rings. The smallest absolute Gasteiger partial charge is 0.239 e. The number of amides is 1. The van der Waals surface area contributed by atoms with E-state index in [1.165, 1.54) is 12.1 Å². The van der Waals surface area contributed by atoms with Crippen molar-refractivity contribution < 1.29 is 13.9 Å². The summed E-state index contributed by atoms with van der Waals surface area (Å²) in [7, 11) is 0. The van der Waals surface area contributed by atoms with Crippen molar-refractivity contribution >= 4 is 5.91 Å². The fourth-order valence-corrected chi connectivity index (χ4v) is 3.33. The van der Waals surface area contributed by atoms with Crippen LogP contribution in [0.25, 0.3) is 0 Å². The molecule has 0 spiro atoms. The van der Waals surface area contributed by atoms with Gasteiger partial charge in [-0.3, -0.25) is 9.48 Å². The minimum atomic E-state index is -0.655. The van der Waals surface area contributed by atoms with Gasteiger partial charge >= 0.3 is 0 Å². The summed E-state index contributed by atoms with van der Waals surface area (Å²) in [6.45, 7) is 4.06. The van der Waals surface area contributed by atoms with Crippen molar-refractivity contribution in [3.05, 3.63) is 53.6 Å². The average Bonchev–Trinajstić information content (AvgIpc) is 3.24. The zero-order valence-corrected chi connectivity index (χ0v) is 14.2. The quantitative estimate of drug-likeness (QED) is 0.803. The van der Waals surface area contributed by atoms with Crippen LogP contribution in [0, 0.1) is 11.7 Å². The Balaban J connectivity index is 1.70. The third-order valence-corrected chi connectivity index (χ3v) is 4.63. The molecule has 1 unspecified atom stereocenters. The number of halogens is 1. The first-order valence-corrected chi connectivity index (χ1v) is 8.51. The van der Waals surface area contributed by atoms with Gasteiger partial charge in [0.05, 0.1) is 5.69 Å². The molecule has 1 saturated heterocycles. The number of carbonyl (C=O) groups excluding carboxylic acids is 1. The van der Waals surface area contributed by atoms with Crippen LogP contribution in [0.2, 0.25) is 0 Å². The van der Waals surface area contributed by atoms with E-state index < -0.39 is 11.9 Å². The third-order valence-electron chi connectivity index (χ3n) is 4.63. The van der Waals surface area contributed by atoms with Crippen molar-refractivity contribution in [3.8, 4) is 0 Å². The average molecular weight is 346 g/mol. The van der Waals surface area contributed by atoms with E-state index in [1.807, 2.05) is 17.7 Å². The molecule has 1 fully saturated rings. The van der Waals surface area contributed by atoms with Crippen LogP contribution in [0.5, 0.6) is 0 Å². The highest BCUT2D eigenvalue weighted by molar-refractivity contribution is 5.81. The number of primary amides is 1. The molecule has 0 radical (unpaired) electrons. The van der Waals surface area contributed by atoms with Crippen molar-refractivity contribution in [1.82, 2.24) is 15.1 Å². The lowest BCUT2D eigenvalue weighted by Gasteiger charge is -2.23. The van der Waals surface area contributed by atoms with Gasteiger partial charge in [-0.1, -0.05) is 12.1 Å². The summed E-state index contributed by atoms with van der Waals surface area (Å²) < 4.78 is 20.9. The molecule has 25 heavy (non-hydrogen) atoms. The van der Waals surface area contributed by atoms with E-state index in [1.54, 1.807) is 18.3 Å². The maximum atomic E-state index is 13.1. The Hall–Kier alpha value is -2.25. The van der Waals surface area contributed by atoms with Gasteiger partial charge in [0, 0.05) is 31.8 Å². The molecule has 0 saturated carbocycles. The predicted molar refractivity (Wildman–Crippen MR) is 91.0 cm³/mol. The summed E-state index contributed by atoms with van der Waals surface area (Å²) in [5.41, 5.74) is 7.23. The maximum Gasteiger partial charge on any atom is 0.239 e. The molecule has 134 valence electrons. The fraction of sp³-hybridized carbons (Fsp3) is 0.444. The van der Waals surface area contributed by atoms with E-state index in [4.69, 9.17) is 10.5 Å². The van der Waals surface area contributed by atoms with Gasteiger partial charge in [0.2, 0.25) is 5.91 Å². The van der Waals surface area contributed by atoms with Crippen molar-refractivity contribution in [2.75, 3.05) is 13.2 Å². The molecule has 1 aromatic heterocycles. The van der Waals surface area contributed by atoms with Crippen LogP contribution in [0.4, 0.5) is 4.39 Å². The molecule has 6 nitrogen and oxygen atoms in total. The number of benzene rings is 1. The first-order chi connectivity index (χ1) is 12.1. The molecule has 1 aliphatic heterocycles. The second-order valence-electron chi connectivity index (χ2n) is 6.21. The van der Waals surface area contributed by atoms with Crippen LogP contribution in [0.3, 0.4) is 0 Å². The van der Waals surface area contributed by atoms with Gasteiger partial charge in [0.15, 0.2) is 0 Å². The van der Waals surface area contributed by atoms with Crippen LogP contribution in [0.1, 0.15) is 36.7 Å². The predicted octanol–water partition coefficient (Wildman–Crippen LogP) is 1.94. The molecule has 3 atom stereocenters. The molecule has 2 aromatic rings. The van der Waals surface area contributed by atoms with Crippen LogP contribution in [-0.2, 0) is 16.1 Å². The molecule has 1 aromatic carbocycles. The largest absolute Gasteiger partial charge is 0.372 e. The molecule has 2 heterocycles. The molecule has 3 N–H and O–H groups in total. The Morgan fingerprint density at radius 1 is 1.44 bits per heavy atom. The Morgan fingerprint density at radius 2 is 2.20 bits per heavy atom. The topological polar surface area (TPSA) is 82.2 Å². The second kappa shape index (κ2) is 7.76. The van der Waals surface area contributed by atoms with Gasteiger partial charge in [0.1, 0.15) is 18.0 Å². The summed E-state index contributed by atoms with van der Waals surface area (Å²) in [5.74, 6) is -0.617. The fourth-order valence-electron chi connectivity index (χ4n) is 3.33. The Bertz CT molecular complexity index is 716. The monoisotopic (exact) mass is 346 g/mol. The van der Waals surface area contributed by atoms with Crippen LogP contribution in [0.15, 0.2) is 36.5 Å². The minimum absolute atomic E-state index is 0.0586. The van der Waals surface area contributed by atoms with Gasteiger partial charge in [-0.05, 0) is 37.1 Å². The minimum Gasteiger partial charge on any atom is -0.372 e. The van der Waals surface area contributed by atoms with Crippen molar-refractivity contribution in [1.29, 1.82) is 0 Å². The number of rotatable bonds is 7. The lowest BCUT2D eigenvalue weighted by atomic mass is 9.97. The highest BCUT2D eigenvalue weighted by Gasteiger charge is 2.32. The summed E-state index contributed by atoms with van der Waals surface area (Å²) >= 11 is 0. The summed E-state index contributed by atoms with van der Waals surface area (Å²) in [6.07, 6.45) is 2.61. The highest BCUT2D eigenvalue weighted by atomic mass is 19.1. The number of carbonyl (C=O) groups is 1. The lowest BCUT2D eigenvalue weighted by Crippen LogP contribution is -2.37. The van der Waals surface area contributed by atoms with Gasteiger partial charge < -0.3 is 15.8 Å². The van der Waals surface area contributed by atoms with Crippen molar-refractivity contribution in [2.45, 2.75) is 32.0 Å². The first-order valence-electron chi connectivity index (χ1n) is 8.51. The molecular weight excluding hydrogens is 323 g/mol. The zero-order valence-electron chi connectivity index (χ0n) is 14.2. The zero-order chi connectivity index (χ0) is 17.8. The number of aromatic nitrogens is 2. The van der Waals surface area contributed by atoms with Gasteiger partial charge in [-0.15, -0.1) is 0 Å². The number of aryl methyl sites for hydroxylation is 1. The van der Waals surface area contributed by atoms with Gasteiger partial charge in [0.25, 0.3) is 0 Å². The van der Waals surface area contributed by atoms with E-state index in [9.17, 15) is 9.18 Å². The number of ether oxygens (including phenoxy) is 1. The van der Waals surface area contributed by atoms with E-state index in [0.29, 0.717) is 18.7 Å². The molecule has 7 heteroatoms. The summed E-state index contributed by atoms with van der Waals surface area (Å²) in [6, 6.07) is 7.12. The third kappa shape index (κ3) is 3.88. The van der Waals surface area contributed by atoms with Crippen LogP contribution >= 0.6 is 0 Å². The number of hydrogen-bond acceptors (Lipinski definition) is 4.